The molecule has 2 amide bonds. The standard InChI is InChI=1S/C21H19F3N10O3/c1-4-13-15(34(36)37)18-26-9-14-16(32(18)30-13)20(3,21(22,23)24)10-31(14)19(35)29-12-7-11(2)17(25-8-12)33-27-5-6-28-33/h5-9H,4,10H2,1-3H3,(H,29,35). The van der Waals surface area contributed by atoms with E-state index in [9.17, 15) is 28.1 Å². The van der Waals surface area contributed by atoms with Gasteiger partial charge in [0.15, 0.2) is 5.82 Å². The lowest BCUT2D eigenvalue weighted by molar-refractivity contribution is -0.384. The van der Waals surface area contributed by atoms with Gasteiger partial charge in [-0.1, -0.05) is 6.92 Å². The number of rotatable bonds is 4. The number of nitro groups is 1. The van der Waals surface area contributed by atoms with Crippen molar-refractivity contribution in [3.63, 3.8) is 0 Å². The van der Waals surface area contributed by atoms with E-state index in [1.54, 1.807) is 19.9 Å². The van der Waals surface area contributed by atoms with E-state index in [1.807, 2.05) is 0 Å². The van der Waals surface area contributed by atoms with Crippen molar-refractivity contribution in [3.8, 4) is 5.82 Å². The zero-order valence-electron chi connectivity index (χ0n) is 19.7. The molecule has 0 saturated carbocycles. The maximum Gasteiger partial charge on any atom is 0.401 e. The molecule has 1 atom stereocenters. The van der Waals surface area contributed by atoms with E-state index in [0.717, 1.165) is 22.5 Å². The number of aryl methyl sites for hydroxylation is 2. The van der Waals surface area contributed by atoms with Gasteiger partial charge >= 0.3 is 17.9 Å². The van der Waals surface area contributed by atoms with E-state index in [2.05, 4.69) is 30.6 Å². The third-order valence-corrected chi connectivity index (χ3v) is 6.26. The highest BCUT2D eigenvalue weighted by Crippen LogP contribution is 2.50. The maximum absolute atomic E-state index is 14.4. The summed E-state index contributed by atoms with van der Waals surface area (Å²) in [6, 6.07) is 0.717. The molecule has 4 aromatic heterocycles. The van der Waals surface area contributed by atoms with Crippen LogP contribution < -0.4 is 10.2 Å². The summed E-state index contributed by atoms with van der Waals surface area (Å²) < 4.78 is 44.1. The van der Waals surface area contributed by atoms with Gasteiger partial charge in [-0.3, -0.25) is 15.0 Å². The molecule has 37 heavy (non-hydrogen) atoms. The second-order valence-corrected chi connectivity index (χ2v) is 8.66. The minimum Gasteiger partial charge on any atom is -0.306 e. The Hall–Kier alpha value is -4.63. The molecule has 192 valence electrons. The van der Waals surface area contributed by atoms with E-state index in [1.165, 1.54) is 23.4 Å². The maximum atomic E-state index is 14.4. The predicted octanol–water partition coefficient (Wildman–Crippen LogP) is 3.36. The first kappa shape index (κ1) is 24.1. The van der Waals surface area contributed by atoms with Gasteiger partial charge in [-0.25, -0.2) is 19.3 Å². The number of fused-ring (bicyclic) bond motifs is 3. The van der Waals surface area contributed by atoms with Crippen molar-refractivity contribution in [2.24, 2.45) is 0 Å². The molecule has 0 fully saturated rings. The minimum atomic E-state index is -4.81. The van der Waals surface area contributed by atoms with Crippen molar-refractivity contribution in [3.05, 3.63) is 57.9 Å². The largest absolute Gasteiger partial charge is 0.401 e. The number of pyridine rings is 1. The molecule has 0 radical (unpaired) electrons. The average Bonchev–Trinajstić information content (AvgIpc) is 3.54. The Labute approximate surface area is 206 Å². The number of nitrogens with one attached hydrogen (secondary N) is 1. The van der Waals surface area contributed by atoms with E-state index in [-0.39, 0.29) is 29.1 Å². The Kier molecular flexibility index (Phi) is 5.34. The van der Waals surface area contributed by atoms with Crippen LogP contribution in [0.1, 0.15) is 30.8 Å². The van der Waals surface area contributed by atoms with Gasteiger partial charge in [-0.2, -0.15) is 28.5 Å². The van der Waals surface area contributed by atoms with Crippen molar-refractivity contribution in [1.82, 2.24) is 34.6 Å². The van der Waals surface area contributed by atoms with Crippen molar-refractivity contribution in [2.45, 2.75) is 38.8 Å². The summed E-state index contributed by atoms with van der Waals surface area (Å²) in [5.41, 5.74) is -3.09. The van der Waals surface area contributed by atoms with Crippen LogP contribution in [0.5, 0.6) is 0 Å². The number of hydrogen-bond donors (Lipinski definition) is 1. The lowest BCUT2D eigenvalue weighted by Gasteiger charge is -2.28. The number of amides is 2. The van der Waals surface area contributed by atoms with Gasteiger partial charge in [0.25, 0.3) is 0 Å². The molecule has 16 heteroatoms. The van der Waals surface area contributed by atoms with Gasteiger partial charge in [0, 0.05) is 6.54 Å². The number of alkyl halides is 3. The fourth-order valence-electron chi connectivity index (χ4n) is 4.39. The molecule has 1 unspecified atom stereocenters. The fraction of sp³-hybridized carbons (Fsp3) is 0.333. The Morgan fingerprint density at radius 3 is 2.54 bits per heavy atom. The molecular weight excluding hydrogens is 497 g/mol. The second kappa shape index (κ2) is 8.21. The van der Waals surface area contributed by atoms with E-state index in [4.69, 9.17) is 0 Å². The lowest BCUT2D eigenvalue weighted by Crippen LogP contribution is -2.46. The summed E-state index contributed by atoms with van der Waals surface area (Å²) in [5.74, 6) is 0.415. The van der Waals surface area contributed by atoms with Gasteiger partial charge in [0.1, 0.15) is 11.1 Å². The summed E-state index contributed by atoms with van der Waals surface area (Å²) in [7, 11) is 0. The molecule has 1 aliphatic heterocycles. The summed E-state index contributed by atoms with van der Waals surface area (Å²) in [6.07, 6.45) is 0.608. The van der Waals surface area contributed by atoms with Crippen LogP contribution in [-0.4, -0.2) is 58.3 Å². The van der Waals surface area contributed by atoms with Crippen LogP contribution in [0.15, 0.2) is 30.9 Å². The predicted molar refractivity (Wildman–Crippen MR) is 123 cm³/mol. The Morgan fingerprint density at radius 1 is 1.24 bits per heavy atom. The molecule has 5 heterocycles. The highest BCUT2D eigenvalue weighted by molar-refractivity contribution is 6.03. The topological polar surface area (TPSA) is 149 Å². The Bertz CT molecular complexity index is 1550. The van der Waals surface area contributed by atoms with Gasteiger partial charge in [0.2, 0.25) is 5.65 Å². The number of aromatic nitrogens is 7. The number of anilines is 2. The zero-order chi connectivity index (χ0) is 26.7. The van der Waals surface area contributed by atoms with Gasteiger partial charge in [-0.05, 0) is 31.9 Å². The second-order valence-electron chi connectivity index (χ2n) is 8.66. The third kappa shape index (κ3) is 3.63. The first-order chi connectivity index (χ1) is 17.5. The van der Waals surface area contributed by atoms with Crippen LogP contribution >= 0.6 is 0 Å². The van der Waals surface area contributed by atoms with Crippen LogP contribution in [0.25, 0.3) is 11.5 Å². The van der Waals surface area contributed by atoms with Crippen molar-refractivity contribution in [2.75, 3.05) is 16.8 Å². The molecular formula is C21H19F3N10O3. The Morgan fingerprint density at radius 2 is 1.95 bits per heavy atom. The van der Waals surface area contributed by atoms with E-state index < -0.39 is 40.5 Å². The first-order valence-corrected chi connectivity index (χ1v) is 11.0. The van der Waals surface area contributed by atoms with E-state index in [0.29, 0.717) is 11.4 Å². The van der Waals surface area contributed by atoms with Gasteiger partial charge in [0.05, 0.1) is 46.8 Å². The monoisotopic (exact) mass is 516 g/mol. The minimum absolute atomic E-state index is 0.00774. The molecule has 13 nitrogen and oxygen atoms in total. The molecule has 0 aromatic carbocycles. The number of carbonyl (C=O) groups excluding carboxylic acids is 1. The lowest BCUT2D eigenvalue weighted by atomic mass is 9.87. The zero-order valence-corrected chi connectivity index (χ0v) is 19.7. The number of urea groups is 1. The van der Waals surface area contributed by atoms with E-state index >= 15 is 0 Å². The van der Waals surface area contributed by atoms with Crippen LogP contribution in [0.2, 0.25) is 0 Å². The molecule has 1 N–H and O–H groups in total. The molecule has 0 spiro atoms. The summed E-state index contributed by atoms with van der Waals surface area (Å²) in [4.78, 5) is 34.5. The molecule has 5 rings (SSSR count). The molecule has 0 bridgehead atoms. The summed E-state index contributed by atoms with van der Waals surface area (Å²) >= 11 is 0. The number of carbonyl (C=O) groups is 1. The molecule has 0 aliphatic carbocycles. The van der Waals surface area contributed by atoms with Crippen LogP contribution in [0, 0.1) is 17.0 Å². The van der Waals surface area contributed by atoms with Gasteiger partial charge in [-0.15, -0.1) is 4.80 Å². The highest BCUT2D eigenvalue weighted by Gasteiger charge is 2.61. The van der Waals surface area contributed by atoms with Crippen molar-refractivity contribution in [1.29, 1.82) is 0 Å². The first-order valence-electron chi connectivity index (χ1n) is 11.0. The number of hydrogen-bond acceptors (Lipinski definition) is 8. The van der Waals surface area contributed by atoms with Gasteiger partial charge < -0.3 is 5.32 Å². The quantitative estimate of drug-likeness (QED) is 0.321. The molecule has 4 aromatic rings. The normalized spacial score (nSPS) is 17.3. The Balaban J connectivity index is 1.57. The summed E-state index contributed by atoms with van der Waals surface area (Å²) in [6.45, 7) is 3.45. The number of nitrogens with zero attached hydrogens (tertiary/aromatic N) is 9. The fourth-order valence-corrected chi connectivity index (χ4v) is 4.39. The highest BCUT2D eigenvalue weighted by atomic mass is 19.4. The van der Waals surface area contributed by atoms with Crippen molar-refractivity contribution < 1.29 is 22.9 Å². The summed E-state index contributed by atoms with van der Waals surface area (Å²) in [5, 5.41) is 26.3. The molecule has 1 aliphatic rings. The van der Waals surface area contributed by atoms with Crippen LogP contribution in [0.3, 0.4) is 0 Å². The van der Waals surface area contributed by atoms with Crippen LogP contribution in [-0.2, 0) is 11.8 Å². The SMILES string of the molecule is CCc1nn2c3c(cnc2c1[N+](=O)[O-])N(C(=O)Nc1cnc(-n2nccn2)c(C)c1)CC3(C)C(F)(F)F. The third-order valence-electron chi connectivity index (χ3n) is 6.26. The molecule has 0 saturated heterocycles. The average molecular weight is 516 g/mol. The number of halogens is 3. The van der Waals surface area contributed by atoms with Crippen molar-refractivity contribution >= 4 is 28.7 Å². The smallest absolute Gasteiger partial charge is 0.306 e. The van der Waals surface area contributed by atoms with Crippen LogP contribution in [0.4, 0.5) is 35.0 Å².